The molecule has 0 spiro atoms. The van der Waals surface area contributed by atoms with Gasteiger partial charge in [-0.25, -0.2) is 4.39 Å². The van der Waals surface area contributed by atoms with Gasteiger partial charge in [0.15, 0.2) is 0 Å². The Balaban J connectivity index is 1.91. The summed E-state index contributed by atoms with van der Waals surface area (Å²) in [5, 5.41) is 3.48. The zero-order valence-electron chi connectivity index (χ0n) is 11.3. The summed E-state index contributed by atoms with van der Waals surface area (Å²) in [5.41, 5.74) is 2.17. The molecule has 2 nitrogen and oxygen atoms in total. The summed E-state index contributed by atoms with van der Waals surface area (Å²) in [6.07, 6.45) is 2.22. The molecule has 0 radical (unpaired) electrons. The maximum absolute atomic E-state index is 12.8. The molecular formula is C16H19FN2. The molecule has 0 saturated carbocycles. The van der Waals surface area contributed by atoms with E-state index in [-0.39, 0.29) is 11.9 Å². The van der Waals surface area contributed by atoms with Gasteiger partial charge in [0.05, 0.1) is 11.9 Å². The molecule has 2 aromatic rings. The Bertz CT molecular complexity index is 496. The molecule has 19 heavy (non-hydrogen) atoms. The Morgan fingerprint density at radius 3 is 2.47 bits per heavy atom. The molecular weight excluding hydrogens is 239 g/mol. The van der Waals surface area contributed by atoms with Gasteiger partial charge in [-0.3, -0.25) is 4.98 Å². The molecule has 2 unspecified atom stereocenters. The van der Waals surface area contributed by atoms with E-state index in [0.29, 0.717) is 6.04 Å². The summed E-state index contributed by atoms with van der Waals surface area (Å²) in [6, 6.07) is 14.0. The van der Waals surface area contributed by atoms with Gasteiger partial charge in [0, 0.05) is 12.1 Å². The second-order valence-electron chi connectivity index (χ2n) is 4.88. The Morgan fingerprint density at radius 2 is 1.84 bits per heavy atom. The molecule has 0 aliphatic rings. The van der Waals surface area contributed by atoms with Gasteiger partial charge in [-0.15, -0.1) is 0 Å². The highest BCUT2D eigenvalue weighted by atomic mass is 19.1. The maximum atomic E-state index is 12.8. The summed E-state index contributed by atoms with van der Waals surface area (Å²) < 4.78 is 12.8. The molecule has 0 aliphatic carbocycles. The van der Waals surface area contributed by atoms with Crippen molar-refractivity contribution in [2.75, 3.05) is 0 Å². The number of hydrogen-bond acceptors (Lipinski definition) is 2. The minimum atomic E-state index is -0.298. The Labute approximate surface area is 113 Å². The van der Waals surface area contributed by atoms with Crippen LogP contribution in [-0.2, 0) is 6.42 Å². The molecule has 1 aromatic carbocycles. The number of nitrogens with zero attached hydrogens (tertiary/aromatic N) is 1. The lowest BCUT2D eigenvalue weighted by atomic mass is 10.1. The predicted molar refractivity (Wildman–Crippen MR) is 75.4 cm³/mol. The van der Waals surface area contributed by atoms with E-state index in [1.54, 1.807) is 6.07 Å². The monoisotopic (exact) mass is 258 g/mol. The van der Waals surface area contributed by atoms with Gasteiger partial charge < -0.3 is 5.32 Å². The summed E-state index contributed by atoms with van der Waals surface area (Å²) >= 11 is 0. The van der Waals surface area contributed by atoms with Crippen molar-refractivity contribution in [1.29, 1.82) is 0 Å². The third-order valence-electron chi connectivity index (χ3n) is 3.11. The van der Waals surface area contributed by atoms with Gasteiger partial charge in [-0.2, -0.15) is 0 Å². The van der Waals surface area contributed by atoms with Crippen molar-refractivity contribution in [3.8, 4) is 0 Å². The Kier molecular flexibility index (Phi) is 4.63. The van der Waals surface area contributed by atoms with Crippen molar-refractivity contribution in [2.45, 2.75) is 32.4 Å². The Morgan fingerprint density at radius 1 is 1.11 bits per heavy atom. The average Bonchev–Trinajstić information content (AvgIpc) is 2.40. The SMILES string of the molecule is CC(Cc1ccccc1)NC(C)c1ccc(F)cn1. The first-order chi connectivity index (χ1) is 9.15. The van der Waals surface area contributed by atoms with Crippen molar-refractivity contribution in [3.05, 3.63) is 65.7 Å². The van der Waals surface area contributed by atoms with Crippen LogP contribution in [0.4, 0.5) is 4.39 Å². The molecule has 3 heteroatoms. The normalized spacial score (nSPS) is 14.1. The minimum Gasteiger partial charge on any atom is -0.306 e. The summed E-state index contributed by atoms with van der Waals surface area (Å²) in [7, 11) is 0. The van der Waals surface area contributed by atoms with E-state index in [1.807, 2.05) is 25.1 Å². The van der Waals surface area contributed by atoms with Crippen LogP contribution in [0, 0.1) is 5.82 Å². The smallest absolute Gasteiger partial charge is 0.141 e. The minimum absolute atomic E-state index is 0.110. The van der Waals surface area contributed by atoms with E-state index in [4.69, 9.17) is 0 Å². The van der Waals surface area contributed by atoms with Crippen LogP contribution in [0.2, 0.25) is 0 Å². The standard InChI is InChI=1S/C16H19FN2/c1-12(10-14-6-4-3-5-7-14)19-13(2)16-9-8-15(17)11-18-16/h3-9,11-13,19H,10H2,1-2H3. The van der Waals surface area contributed by atoms with E-state index in [1.165, 1.54) is 17.8 Å². The van der Waals surface area contributed by atoms with Crippen LogP contribution in [0.5, 0.6) is 0 Å². The summed E-state index contributed by atoms with van der Waals surface area (Å²) in [5.74, 6) is -0.298. The zero-order valence-corrected chi connectivity index (χ0v) is 11.3. The van der Waals surface area contributed by atoms with E-state index in [9.17, 15) is 4.39 Å². The second kappa shape index (κ2) is 6.43. The lowest BCUT2D eigenvalue weighted by Crippen LogP contribution is -2.31. The van der Waals surface area contributed by atoms with Crippen molar-refractivity contribution in [2.24, 2.45) is 0 Å². The zero-order chi connectivity index (χ0) is 13.7. The van der Waals surface area contributed by atoms with Crippen LogP contribution in [0.3, 0.4) is 0 Å². The summed E-state index contributed by atoms with van der Waals surface area (Å²) in [4.78, 5) is 4.10. The van der Waals surface area contributed by atoms with Crippen LogP contribution in [0.25, 0.3) is 0 Å². The highest BCUT2D eigenvalue weighted by Gasteiger charge is 2.11. The van der Waals surface area contributed by atoms with Gasteiger partial charge in [-0.05, 0) is 38.0 Å². The molecule has 1 heterocycles. The molecule has 0 aliphatic heterocycles. The van der Waals surface area contributed by atoms with Crippen molar-refractivity contribution >= 4 is 0 Å². The van der Waals surface area contributed by atoms with E-state index < -0.39 is 0 Å². The van der Waals surface area contributed by atoms with Gasteiger partial charge >= 0.3 is 0 Å². The molecule has 1 aromatic heterocycles. The molecule has 2 atom stereocenters. The number of rotatable bonds is 5. The van der Waals surface area contributed by atoms with Crippen molar-refractivity contribution in [3.63, 3.8) is 0 Å². The van der Waals surface area contributed by atoms with E-state index in [2.05, 4.69) is 29.4 Å². The molecule has 0 fully saturated rings. The van der Waals surface area contributed by atoms with Gasteiger partial charge in [-0.1, -0.05) is 30.3 Å². The first-order valence-corrected chi connectivity index (χ1v) is 6.56. The maximum Gasteiger partial charge on any atom is 0.141 e. The van der Waals surface area contributed by atoms with Gasteiger partial charge in [0.25, 0.3) is 0 Å². The third-order valence-corrected chi connectivity index (χ3v) is 3.11. The molecule has 0 bridgehead atoms. The molecule has 2 rings (SSSR count). The first-order valence-electron chi connectivity index (χ1n) is 6.56. The largest absolute Gasteiger partial charge is 0.306 e. The van der Waals surface area contributed by atoms with Crippen molar-refractivity contribution < 1.29 is 4.39 Å². The topological polar surface area (TPSA) is 24.9 Å². The average molecular weight is 258 g/mol. The second-order valence-corrected chi connectivity index (χ2v) is 4.88. The van der Waals surface area contributed by atoms with Gasteiger partial charge in [0.2, 0.25) is 0 Å². The number of aromatic nitrogens is 1. The van der Waals surface area contributed by atoms with Crippen LogP contribution in [0.1, 0.15) is 31.1 Å². The third kappa shape index (κ3) is 4.14. The fourth-order valence-corrected chi connectivity index (χ4v) is 2.18. The fraction of sp³-hybridized carbons (Fsp3) is 0.312. The lowest BCUT2D eigenvalue weighted by Gasteiger charge is -2.19. The van der Waals surface area contributed by atoms with E-state index in [0.717, 1.165) is 12.1 Å². The van der Waals surface area contributed by atoms with Crippen LogP contribution >= 0.6 is 0 Å². The van der Waals surface area contributed by atoms with Crippen LogP contribution in [0.15, 0.2) is 48.7 Å². The lowest BCUT2D eigenvalue weighted by molar-refractivity contribution is 0.468. The quantitative estimate of drug-likeness (QED) is 0.887. The molecule has 100 valence electrons. The van der Waals surface area contributed by atoms with Crippen LogP contribution < -0.4 is 5.32 Å². The fourth-order valence-electron chi connectivity index (χ4n) is 2.18. The number of hydrogen-bond donors (Lipinski definition) is 1. The highest BCUT2D eigenvalue weighted by Crippen LogP contribution is 2.12. The first kappa shape index (κ1) is 13.7. The number of pyridine rings is 1. The number of nitrogens with one attached hydrogen (secondary N) is 1. The Hall–Kier alpha value is -1.74. The van der Waals surface area contributed by atoms with E-state index >= 15 is 0 Å². The highest BCUT2D eigenvalue weighted by molar-refractivity contribution is 5.16. The van der Waals surface area contributed by atoms with Crippen LogP contribution in [-0.4, -0.2) is 11.0 Å². The number of benzene rings is 1. The molecule has 1 N–H and O–H groups in total. The molecule has 0 amide bonds. The van der Waals surface area contributed by atoms with Crippen molar-refractivity contribution in [1.82, 2.24) is 10.3 Å². The predicted octanol–water partition coefficient (Wildman–Crippen LogP) is 3.50. The molecule has 0 saturated heterocycles. The number of halogens is 1. The van der Waals surface area contributed by atoms with Gasteiger partial charge in [0.1, 0.15) is 5.82 Å². The summed E-state index contributed by atoms with van der Waals surface area (Å²) in [6.45, 7) is 4.19.